The maximum absolute atomic E-state index is 4.84. The van der Waals surface area contributed by atoms with Crippen molar-refractivity contribution >= 4 is 49.3 Å². The predicted octanol–water partition coefficient (Wildman–Crippen LogP) is 1.67. The van der Waals surface area contributed by atoms with Gasteiger partial charge in [0.2, 0.25) is 0 Å². The molecule has 3 heteroatoms. The van der Waals surface area contributed by atoms with Crippen molar-refractivity contribution in [1.29, 1.82) is 0 Å². The summed E-state index contributed by atoms with van der Waals surface area (Å²) in [6.07, 6.45) is 0. The third-order valence-electron chi connectivity index (χ3n) is 1.13. The van der Waals surface area contributed by atoms with E-state index in [-0.39, 0.29) is 0 Å². The normalized spacial score (nSPS) is 9.30. The first-order valence-corrected chi connectivity index (χ1v) is 8.05. The molecule has 0 heterocycles. The fourth-order valence-corrected chi connectivity index (χ4v) is 3.28. The molecule has 0 aliphatic carbocycles. The van der Waals surface area contributed by atoms with Crippen LogP contribution in [0.25, 0.3) is 0 Å². The zero-order chi connectivity index (χ0) is 7.40. The second kappa shape index (κ2) is 4.24. The van der Waals surface area contributed by atoms with Gasteiger partial charge in [0.05, 0.1) is 0 Å². The molecule has 0 N–H and O–H groups in total. The Labute approximate surface area is 78.9 Å². The summed E-state index contributed by atoms with van der Waals surface area (Å²) in [5.41, 5.74) is 1.16. The molecule has 0 amide bonds. The molecule has 0 unspecified atom stereocenters. The van der Waals surface area contributed by atoms with Crippen LogP contribution in [0.4, 0.5) is 0 Å². The predicted molar refractivity (Wildman–Crippen MR) is 53.5 cm³/mol. The van der Waals surface area contributed by atoms with Crippen LogP contribution in [0.1, 0.15) is 5.56 Å². The summed E-state index contributed by atoms with van der Waals surface area (Å²) >= 11 is 8.66. The van der Waals surface area contributed by atoms with Crippen LogP contribution >= 0.6 is 26.3 Å². The molecular formula is C7H5BrSSe. The first kappa shape index (κ1) is 8.41. The third-order valence-corrected chi connectivity index (χ3v) is 4.32. The van der Waals surface area contributed by atoms with Crippen LogP contribution in [0, 0.1) is 0 Å². The van der Waals surface area contributed by atoms with Crippen molar-refractivity contribution in [2.45, 2.75) is 0 Å². The van der Waals surface area contributed by atoms with Crippen LogP contribution in [0.3, 0.4) is 0 Å². The molecule has 0 saturated carbocycles. The molecule has 0 atom stereocenters. The fourth-order valence-electron chi connectivity index (χ4n) is 0.648. The van der Waals surface area contributed by atoms with E-state index in [1.54, 1.807) is 5.37 Å². The molecule has 52 valence electrons. The minimum absolute atomic E-state index is 0.374. The van der Waals surface area contributed by atoms with Crippen molar-refractivity contribution < 1.29 is 0 Å². The van der Waals surface area contributed by atoms with E-state index >= 15 is 0 Å². The molecule has 10 heavy (non-hydrogen) atoms. The molecule has 0 fully saturated rings. The summed E-state index contributed by atoms with van der Waals surface area (Å²) in [6.45, 7) is 0. The molecule has 1 rings (SSSR count). The Hall–Kier alpha value is 0.309. The molecular weight excluding hydrogens is 275 g/mol. The van der Waals surface area contributed by atoms with Gasteiger partial charge in [-0.2, -0.15) is 0 Å². The summed E-state index contributed by atoms with van der Waals surface area (Å²) < 4.78 is 1.31. The zero-order valence-electron chi connectivity index (χ0n) is 5.08. The fraction of sp³-hybridized carbons (Fsp3) is 0. The standard InChI is InChI=1S/C7H5BrSSe/c8-10-7-4-2-1-3-6(7)5-9/h1-5H. The van der Waals surface area contributed by atoms with Gasteiger partial charge in [-0.15, -0.1) is 0 Å². The second-order valence-corrected chi connectivity index (χ2v) is 4.90. The number of rotatable bonds is 2. The number of hydrogen-bond donors (Lipinski definition) is 0. The van der Waals surface area contributed by atoms with Gasteiger partial charge in [0.15, 0.2) is 0 Å². The van der Waals surface area contributed by atoms with E-state index in [1.807, 2.05) is 18.2 Å². The van der Waals surface area contributed by atoms with Crippen LogP contribution in [-0.4, -0.2) is 18.5 Å². The van der Waals surface area contributed by atoms with Crippen LogP contribution in [0.15, 0.2) is 24.3 Å². The van der Waals surface area contributed by atoms with Crippen molar-refractivity contribution in [2.75, 3.05) is 0 Å². The molecule has 0 bridgehead atoms. The zero-order valence-corrected chi connectivity index (χ0v) is 9.20. The van der Waals surface area contributed by atoms with Crippen molar-refractivity contribution in [2.24, 2.45) is 0 Å². The van der Waals surface area contributed by atoms with E-state index in [2.05, 4.69) is 20.2 Å². The molecule has 0 radical (unpaired) electrons. The minimum atomic E-state index is 0.374. The monoisotopic (exact) mass is 280 g/mol. The van der Waals surface area contributed by atoms with E-state index in [4.69, 9.17) is 12.2 Å². The molecule has 0 aliphatic heterocycles. The van der Waals surface area contributed by atoms with E-state index in [0.717, 1.165) is 5.56 Å². The van der Waals surface area contributed by atoms with Gasteiger partial charge in [-0.1, -0.05) is 0 Å². The molecule has 0 aromatic heterocycles. The molecule has 1 aromatic carbocycles. The van der Waals surface area contributed by atoms with Gasteiger partial charge in [-0.3, -0.25) is 0 Å². The Morgan fingerprint density at radius 3 is 2.60 bits per heavy atom. The Bertz CT molecular complexity index is 237. The molecule has 0 aliphatic rings. The molecule has 1 aromatic rings. The van der Waals surface area contributed by atoms with Crippen LogP contribution in [0.5, 0.6) is 0 Å². The van der Waals surface area contributed by atoms with Crippen LogP contribution in [-0.2, 0) is 0 Å². The van der Waals surface area contributed by atoms with E-state index in [1.165, 1.54) is 4.46 Å². The summed E-state index contributed by atoms with van der Waals surface area (Å²) in [7, 11) is 0. The van der Waals surface area contributed by atoms with Gasteiger partial charge in [0.25, 0.3) is 0 Å². The van der Waals surface area contributed by atoms with Crippen molar-refractivity contribution in [3.8, 4) is 0 Å². The summed E-state index contributed by atoms with van der Waals surface area (Å²) in [6, 6.07) is 8.15. The summed E-state index contributed by atoms with van der Waals surface area (Å²) in [4.78, 5) is 0. The summed E-state index contributed by atoms with van der Waals surface area (Å²) in [5, 5.41) is 1.72. The van der Waals surface area contributed by atoms with Crippen LogP contribution < -0.4 is 4.46 Å². The average Bonchev–Trinajstić information content (AvgIpc) is 2.04. The average molecular weight is 280 g/mol. The van der Waals surface area contributed by atoms with E-state index in [9.17, 15) is 0 Å². The number of thiocarbonyl (C=S) groups is 1. The van der Waals surface area contributed by atoms with Gasteiger partial charge < -0.3 is 0 Å². The van der Waals surface area contributed by atoms with E-state index in [0.29, 0.717) is 13.1 Å². The van der Waals surface area contributed by atoms with Gasteiger partial charge in [-0.25, -0.2) is 0 Å². The van der Waals surface area contributed by atoms with Gasteiger partial charge in [-0.05, 0) is 0 Å². The first-order valence-electron chi connectivity index (χ1n) is 2.71. The van der Waals surface area contributed by atoms with Gasteiger partial charge >= 0.3 is 79.1 Å². The molecule has 0 spiro atoms. The van der Waals surface area contributed by atoms with Crippen molar-refractivity contribution in [3.63, 3.8) is 0 Å². The molecule has 0 saturated heterocycles. The van der Waals surface area contributed by atoms with E-state index < -0.39 is 0 Å². The number of benzene rings is 1. The maximum atomic E-state index is 4.84. The quantitative estimate of drug-likeness (QED) is 0.586. The Morgan fingerprint density at radius 2 is 2.10 bits per heavy atom. The second-order valence-electron chi connectivity index (χ2n) is 1.73. The van der Waals surface area contributed by atoms with Gasteiger partial charge in [0, 0.05) is 0 Å². The Balaban J connectivity index is 3.08. The first-order chi connectivity index (χ1) is 4.88. The molecule has 0 nitrogen and oxygen atoms in total. The van der Waals surface area contributed by atoms with Gasteiger partial charge in [0.1, 0.15) is 0 Å². The van der Waals surface area contributed by atoms with Crippen LogP contribution in [0.2, 0.25) is 0 Å². The number of hydrogen-bond acceptors (Lipinski definition) is 1. The topological polar surface area (TPSA) is 0 Å². The third kappa shape index (κ3) is 1.89. The summed E-state index contributed by atoms with van der Waals surface area (Å²) in [5.74, 6) is 0. The van der Waals surface area contributed by atoms with Crippen molar-refractivity contribution in [1.82, 2.24) is 0 Å². The Kier molecular flexibility index (Phi) is 3.57. The Morgan fingerprint density at radius 1 is 1.40 bits per heavy atom. The van der Waals surface area contributed by atoms with Crippen molar-refractivity contribution in [3.05, 3.63) is 29.8 Å². The SMILES string of the molecule is S=Cc1ccccc1[Se]Br. The number of halogens is 1.